The summed E-state index contributed by atoms with van der Waals surface area (Å²) in [7, 11) is 0. The summed E-state index contributed by atoms with van der Waals surface area (Å²) in [6.07, 6.45) is -4.45. The van der Waals surface area contributed by atoms with E-state index in [-0.39, 0.29) is 5.02 Å². The van der Waals surface area contributed by atoms with Gasteiger partial charge in [-0.25, -0.2) is 0 Å². The lowest BCUT2D eigenvalue weighted by Crippen LogP contribution is -2.09. The fourth-order valence-corrected chi connectivity index (χ4v) is 3.72. The zero-order valence-corrected chi connectivity index (χ0v) is 12.8. The lowest BCUT2D eigenvalue weighted by molar-refractivity contribution is -0.137. The zero-order chi connectivity index (χ0) is 15.4. The van der Waals surface area contributed by atoms with Crippen molar-refractivity contribution in [3.8, 4) is 0 Å². The van der Waals surface area contributed by atoms with Crippen LogP contribution in [0.25, 0.3) is 0 Å². The molecule has 0 amide bonds. The lowest BCUT2D eigenvalue weighted by atomic mass is 10.1. The highest BCUT2D eigenvalue weighted by molar-refractivity contribution is 7.99. The van der Waals surface area contributed by atoms with Crippen molar-refractivity contribution in [2.75, 3.05) is 5.32 Å². The second kappa shape index (κ2) is 4.85. The summed E-state index contributed by atoms with van der Waals surface area (Å²) >= 11 is 7.10. The van der Waals surface area contributed by atoms with Gasteiger partial charge in [0.15, 0.2) is 0 Å². The van der Waals surface area contributed by atoms with Crippen LogP contribution in [0.1, 0.15) is 16.7 Å². The summed E-state index contributed by atoms with van der Waals surface area (Å²) in [6, 6.07) is 6.44. The minimum Gasteiger partial charge on any atom is -0.354 e. The quantitative estimate of drug-likeness (QED) is 0.528. The van der Waals surface area contributed by atoms with Crippen molar-refractivity contribution >= 4 is 34.7 Å². The number of nitrogens with one attached hydrogen (secondary N) is 1. The van der Waals surface area contributed by atoms with Crippen molar-refractivity contribution in [2.45, 2.75) is 29.8 Å². The van der Waals surface area contributed by atoms with E-state index in [4.69, 9.17) is 11.6 Å². The minimum absolute atomic E-state index is 0.290. The summed E-state index contributed by atoms with van der Waals surface area (Å²) in [6.45, 7) is 3.93. The Labute approximate surface area is 129 Å². The van der Waals surface area contributed by atoms with Crippen LogP contribution in [-0.2, 0) is 6.18 Å². The van der Waals surface area contributed by atoms with E-state index >= 15 is 0 Å². The van der Waals surface area contributed by atoms with Crippen LogP contribution in [0.15, 0.2) is 34.1 Å². The number of alkyl halides is 3. The summed E-state index contributed by atoms with van der Waals surface area (Å²) < 4.78 is 38.8. The van der Waals surface area contributed by atoms with E-state index in [0.29, 0.717) is 10.6 Å². The predicted octanol–water partition coefficient (Wildman–Crippen LogP) is 6.18. The van der Waals surface area contributed by atoms with Gasteiger partial charge in [-0.3, -0.25) is 0 Å². The average molecular weight is 330 g/mol. The number of halogens is 4. The Morgan fingerprint density at radius 1 is 1.05 bits per heavy atom. The molecule has 2 aromatic rings. The van der Waals surface area contributed by atoms with Gasteiger partial charge in [-0.1, -0.05) is 29.4 Å². The largest absolute Gasteiger partial charge is 0.417 e. The second-order valence-corrected chi connectivity index (χ2v) is 6.47. The van der Waals surface area contributed by atoms with Crippen LogP contribution in [0.2, 0.25) is 5.02 Å². The number of benzene rings is 2. The number of fused-ring (bicyclic) bond motifs is 2. The molecule has 3 rings (SSSR count). The average Bonchev–Trinajstić information content (AvgIpc) is 2.34. The predicted molar refractivity (Wildman–Crippen MR) is 79.8 cm³/mol. The molecule has 0 unspecified atom stereocenters. The van der Waals surface area contributed by atoms with Crippen LogP contribution in [0.4, 0.5) is 24.5 Å². The highest BCUT2D eigenvalue weighted by atomic mass is 35.5. The zero-order valence-electron chi connectivity index (χ0n) is 11.2. The molecule has 0 spiro atoms. The van der Waals surface area contributed by atoms with Crippen LogP contribution >= 0.6 is 23.4 Å². The lowest BCUT2D eigenvalue weighted by Gasteiger charge is -2.24. The van der Waals surface area contributed by atoms with Crippen molar-refractivity contribution in [3.05, 3.63) is 46.0 Å². The molecular formula is C15H11ClF3NS. The Kier molecular flexibility index (Phi) is 3.37. The van der Waals surface area contributed by atoms with Crippen LogP contribution < -0.4 is 5.32 Å². The molecule has 0 aliphatic carbocycles. The first-order chi connectivity index (χ1) is 9.75. The molecule has 110 valence electrons. The van der Waals surface area contributed by atoms with Crippen molar-refractivity contribution in [3.63, 3.8) is 0 Å². The molecule has 1 aliphatic rings. The van der Waals surface area contributed by atoms with Gasteiger partial charge >= 0.3 is 6.18 Å². The molecular weight excluding hydrogens is 319 g/mol. The van der Waals surface area contributed by atoms with Crippen molar-refractivity contribution in [1.82, 2.24) is 0 Å². The van der Waals surface area contributed by atoms with Crippen molar-refractivity contribution < 1.29 is 13.2 Å². The third kappa shape index (κ3) is 2.60. The first-order valence-corrected chi connectivity index (χ1v) is 7.42. The summed E-state index contributed by atoms with van der Waals surface area (Å²) in [5, 5.41) is 2.88. The molecule has 1 N–H and O–H groups in total. The number of hydrogen-bond acceptors (Lipinski definition) is 2. The highest BCUT2D eigenvalue weighted by Crippen LogP contribution is 2.49. The van der Waals surface area contributed by atoms with Gasteiger partial charge in [0.05, 0.1) is 22.0 Å². The van der Waals surface area contributed by atoms with Gasteiger partial charge in [0.2, 0.25) is 0 Å². The second-order valence-electron chi connectivity index (χ2n) is 5.01. The molecule has 0 aromatic heterocycles. The van der Waals surface area contributed by atoms with Gasteiger partial charge in [0.25, 0.3) is 0 Å². The Balaban J connectivity index is 2.12. The molecule has 0 bridgehead atoms. The maximum Gasteiger partial charge on any atom is 0.417 e. The molecule has 0 atom stereocenters. The molecule has 2 aromatic carbocycles. The van der Waals surface area contributed by atoms with E-state index in [2.05, 4.69) is 5.32 Å². The Morgan fingerprint density at radius 2 is 1.76 bits per heavy atom. The molecule has 0 saturated carbocycles. The molecule has 1 heterocycles. The van der Waals surface area contributed by atoms with E-state index < -0.39 is 11.7 Å². The fraction of sp³-hybridized carbons (Fsp3) is 0.200. The molecule has 0 radical (unpaired) electrons. The van der Waals surface area contributed by atoms with E-state index in [9.17, 15) is 13.2 Å². The smallest absolute Gasteiger partial charge is 0.354 e. The minimum atomic E-state index is -4.45. The van der Waals surface area contributed by atoms with Crippen LogP contribution in [0.5, 0.6) is 0 Å². The Morgan fingerprint density at radius 3 is 2.43 bits per heavy atom. The van der Waals surface area contributed by atoms with E-state index in [1.807, 2.05) is 26.0 Å². The van der Waals surface area contributed by atoms with Gasteiger partial charge in [-0.15, -0.1) is 0 Å². The fourth-order valence-electron chi connectivity index (χ4n) is 2.39. The number of anilines is 2. The molecule has 1 nitrogen and oxygen atoms in total. The van der Waals surface area contributed by atoms with Crippen LogP contribution in [0.3, 0.4) is 0 Å². The van der Waals surface area contributed by atoms with Crippen molar-refractivity contribution in [1.29, 1.82) is 0 Å². The van der Waals surface area contributed by atoms with E-state index in [0.717, 1.165) is 27.8 Å². The highest BCUT2D eigenvalue weighted by Gasteiger charge is 2.35. The number of aryl methyl sites for hydroxylation is 2. The molecule has 0 fully saturated rings. The molecule has 21 heavy (non-hydrogen) atoms. The van der Waals surface area contributed by atoms with Gasteiger partial charge in [0.1, 0.15) is 0 Å². The van der Waals surface area contributed by atoms with Crippen molar-refractivity contribution in [2.24, 2.45) is 0 Å². The Bertz CT molecular complexity index is 741. The van der Waals surface area contributed by atoms with Gasteiger partial charge in [-0.05, 0) is 43.2 Å². The monoisotopic (exact) mass is 329 g/mol. The third-order valence-corrected chi connectivity index (χ3v) is 4.89. The van der Waals surface area contributed by atoms with Gasteiger partial charge in [-0.2, -0.15) is 13.2 Å². The van der Waals surface area contributed by atoms with Crippen LogP contribution in [-0.4, -0.2) is 0 Å². The van der Waals surface area contributed by atoms with E-state index in [1.54, 1.807) is 0 Å². The number of hydrogen-bond donors (Lipinski definition) is 1. The summed E-state index contributed by atoms with van der Waals surface area (Å²) in [5.74, 6) is 0. The molecule has 0 saturated heterocycles. The van der Waals surface area contributed by atoms with Gasteiger partial charge in [0, 0.05) is 9.79 Å². The summed E-state index contributed by atoms with van der Waals surface area (Å²) in [4.78, 5) is 1.48. The molecule has 1 aliphatic heterocycles. The van der Waals surface area contributed by atoms with E-state index in [1.165, 1.54) is 17.8 Å². The standard InChI is InChI=1S/C15H11ClF3NS/c1-7-3-8(2)14-12(4-7)20-11-6-10(16)9(15(17,18)19)5-13(11)21-14/h3-6,20H,1-2H3. The maximum absolute atomic E-state index is 12.9. The first-order valence-electron chi connectivity index (χ1n) is 6.22. The number of rotatable bonds is 0. The third-order valence-electron chi connectivity index (χ3n) is 3.27. The van der Waals surface area contributed by atoms with Gasteiger partial charge < -0.3 is 5.32 Å². The SMILES string of the molecule is Cc1cc(C)c2c(c1)Nc1cc(Cl)c(C(F)(F)F)cc1S2. The Hall–Kier alpha value is -1.33. The summed E-state index contributed by atoms with van der Waals surface area (Å²) in [5.41, 5.74) is 2.85. The first kappa shape index (κ1) is 14.6. The van der Waals surface area contributed by atoms with Crippen LogP contribution in [0, 0.1) is 13.8 Å². The maximum atomic E-state index is 12.9. The molecule has 6 heteroatoms. The normalized spacial score (nSPS) is 13.4. The topological polar surface area (TPSA) is 12.0 Å².